The second kappa shape index (κ2) is 7.20. The quantitative estimate of drug-likeness (QED) is 0.555. The minimum atomic E-state index is -0.468. The number of carbonyl (C=O) groups excluding carboxylic acids is 3. The lowest BCUT2D eigenvalue weighted by Gasteiger charge is -2.20. The highest BCUT2D eigenvalue weighted by Crippen LogP contribution is 2.24. The molecule has 2 atom stereocenters. The van der Waals surface area contributed by atoms with Gasteiger partial charge < -0.3 is 9.47 Å². The molecule has 0 radical (unpaired) electrons. The van der Waals surface area contributed by atoms with Crippen molar-refractivity contribution >= 4 is 17.5 Å². The van der Waals surface area contributed by atoms with Gasteiger partial charge in [-0.2, -0.15) is 0 Å². The van der Waals surface area contributed by atoms with E-state index in [-0.39, 0.29) is 35.6 Å². The maximum absolute atomic E-state index is 12.2. The van der Waals surface area contributed by atoms with Gasteiger partial charge in [-0.1, -0.05) is 13.8 Å². The van der Waals surface area contributed by atoms with Crippen molar-refractivity contribution in [1.29, 1.82) is 0 Å². The summed E-state index contributed by atoms with van der Waals surface area (Å²) < 4.78 is 10.2. The van der Waals surface area contributed by atoms with E-state index in [0.29, 0.717) is 17.6 Å². The zero-order valence-corrected chi connectivity index (χ0v) is 13.2. The second-order valence-corrected chi connectivity index (χ2v) is 5.27. The Hall–Kier alpha value is -1.91. The summed E-state index contributed by atoms with van der Waals surface area (Å²) in [6.45, 7) is 7.01. The number of ketones is 2. The highest BCUT2D eigenvalue weighted by Gasteiger charge is 2.29. The Morgan fingerprint density at radius 1 is 1.29 bits per heavy atom. The summed E-state index contributed by atoms with van der Waals surface area (Å²) in [5, 5.41) is 0. The summed E-state index contributed by atoms with van der Waals surface area (Å²) >= 11 is 0. The summed E-state index contributed by atoms with van der Waals surface area (Å²) in [6.07, 6.45) is 1.63. The van der Waals surface area contributed by atoms with E-state index >= 15 is 0 Å². The van der Waals surface area contributed by atoms with Crippen LogP contribution in [-0.2, 0) is 23.9 Å². The fourth-order valence-electron chi connectivity index (χ4n) is 1.97. The zero-order valence-electron chi connectivity index (χ0n) is 13.2. The Kier molecular flexibility index (Phi) is 5.88. The van der Waals surface area contributed by atoms with Crippen molar-refractivity contribution in [1.82, 2.24) is 0 Å². The van der Waals surface area contributed by atoms with Crippen LogP contribution >= 0.6 is 0 Å². The molecular formula is C16H22O5. The van der Waals surface area contributed by atoms with Crippen LogP contribution in [0.5, 0.6) is 0 Å². The Labute approximate surface area is 125 Å². The van der Waals surface area contributed by atoms with E-state index in [1.807, 2.05) is 6.92 Å². The summed E-state index contributed by atoms with van der Waals surface area (Å²) in [4.78, 5) is 35.7. The van der Waals surface area contributed by atoms with Crippen molar-refractivity contribution in [3.05, 3.63) is 23.0 Å². The van der Waals surface area contributed by atoms with Crippen LogP contribution < -0.4 is 0 Å². The van der Waals surface area contributed by atoms with Crippen LogP contribution in [0.1, 0.15) is 40.5 Å². The smallest absolute Gasteiger partial charge is 0.308 e. The fourth-order valence-corrected chi connectivity index (χ4v) is 1.97. The van der Waals surface area contributed by atoms with Gasteiger partial charge in [0.05, 0.1) is 13.0 Å². The minimum absolute atomic E-state index is 0.0288. The Bertz CT molecular complexity index is 513. The number of allylic oxidation sites excluding steroid dienone is 3. The molecule has 0 fully saturated rings. The van der Waals surface area contributed by atoms with Crippen molar-refractivity contribution in [2.24, 2.45) is 5.92 Å². The topological polar surface area (TPSA) is 69.7 Å². The molecule has 5 heteroatoms. The molecule has 0 aromatic carbocycles. The van der Waals surface area contributed by atoms with Crippen LogP contribution in [0.3, 0.4) is 0 Å². The largest absolute Gasteiger partial charge is 0.493 e. The number of esters is 1. The van der Waals surface area contributed by atoms with Crippen molar-refractivity contribution < 1.29 is 23.9 Å². The van der Waals surface area contributed by atoms with Crippen LogP contribution in [0, 0.1) is 5.92 Å². The van der Waals surface area contributed by atoms with E-state index in [0.717, 1.165) is 0 Å². The monoisotopic (exact) mass is 294 g/mol. The van der Waals surface area contributed by atoms with Gasteiger partial charge >= 0.3 is 5.97 Å². The maximum Gasteiger partial charge on any atom is 0.308 e. The number of Topliss-reactive ketones (excluding diaryl/α,β-unsaturated/α-hetero) is 1. The number of ether oxygens (including phenoxy) is 2. The van der Waals surface area contributed by atoms with Crippen LogP contribution in [0.25, 0.3) is 0 Å². The first-order chi connectivity index (χ1) is 9.81. The second-order valence-electron chi connectivity index (χ2n) is 5.27. The first-order valence-electron chi connectivity index (χ1n) is 7.06. The van der Waals surface area contributed by atoms with E-state index in [1.54, 1.807) is 20.8 Å². The highest BCUT2D eigenvalue weighted by atomic mass is 16.5. The molecule has 0 bridgehead atoms. The number of carbonyl (C=O) groups is 3. The number of rotatable bonds is 6. The van der Waals surface area contributed by atoms with Gasteiger partial charge in [0.25, 0.3) is 0 Å². The average Bonchev–Trinajstić information content (AvgIpc) is 2.46. The van der Waals surface area contributed by atoms with Crippen LogP contribution in [0.15, 0.2) is 23.0 Å². The third-order valence-electron chi connectivity index (χ3n) is 3.63. The first kappa shape index (κ1) is 17.1. The third-order valence-corrected chi connectivity index (χ3v) is 3.63. The molecular weight excluding hydrogens is 272 g/mol. The Morgan fingerprint density at radius 2 is 1.90 bits per heavy atom. The third kappa shape index (κ3) is 4.03. The normalized spacial score (nSPS) is 18.2. The van der Waals surface area contributed by atoms with E-state index in [2.05, 4.69) is 0 Å². The van der Waals surface area contributed by atoms with Gasteiger partial charge in [-0.15, -0.1) is 0 Å². The molecule has 1 aliphatic carbocycles. The van der Waals surface area contributed by atoms with Gasteiger partial charge in [0.15, 0.2) is 11.5 Å². The predicted octanol–water partition coefficient (Wildman–Crippen LogP) is 2.35. The summed E-state index contributed by atoms with van der Waals surface area (Å²) in [5.74, 6) is -1.01. The molecule has 0 saturated heterocycles. The van der Waals surface area contributed by atoms with Gasteiger partial charge in [-0.25, -0.2) is 0 Å². The molecule has 21 heavy (non-hydrogen) atoms. The van der Waals surface area contributed by atoms with Gasteiger partial charge in [0.2, 0.25) is 5.78 Å². The molecule has 0 aliphatic heterocycles. The summed E-state index contributed by atoms with van der Waals surface area (Å²) in [7, 11) is 1.35. The molecule has 0 heterocycles. The zero-order chi connectivity index (χ0) is 16.2. The maximum atomic E-state index is 12.2. The lowest BCUT2D eigenvalue weighted by molar-refractivity contribution is -0.152. The fraction of sp³-hybridized carbons (Fsp3) is 0.562. The van der Waals surface area contributed by atoms with Crippen molar-refractivity contribution in [2.75, 3.05) is 7.11 Å². The Balaban J connectivity index is 2.81. The molecule has 0 amide bonds. The molecule has 0 saturated carbocycles. The SMILES string of the molecule is CC[C@@H](C)C(=O)O[C@@H](C)CC1=C(C)C(=O)C=C(OC)C1=O. The van der Waals surface area contributed by atoms with Gasteiger partial charge in [0, 0.05) is 23.6 Å². The minimum Gasteiger partial charge on any atom is -0.493 e. The predicted molar refractivity (Wildman–Crippen MR) is 77.4 cm³/mol. The van der Waals surface area contributed by atoms with E-state index in [4.69, 9.17) is 9.47 Å². The molecule has 0 aromatic rings. The average molecular weight is 294 g/mol. The van der Waals surface area contributed by atoms with Crippen molar-refractivity contribution in [3.8, 4) is 0 Å². The van der Waals surface area contributed by atoms with Gasteiger partial charge in [0.1, 0.15) is 6.10 Å². The van der Waals surface area contributed by atoms with Crippen LogP contribution in [0.2, 0.25) is 0 Å². The molecule has 0 aromatic heterocycles. The van der Waals surface area contributed by atoms with Crippen molar-refractivity contribution in [2.45, 2.75) is 46.6 Å². The molecule has 1 rings (SSSR count). The van der Waals surface area contributed by atoms with Gasteiger partial charge in [-0.05, 0) is 20.3 Å². The molecule has 5 nitrogen and oxygen atoms in total. The summed E-state index contributed by atoms with van der Waals surface area (Å²) in [6, 6.07) is 0. The standard InChI is InChI=1S/C16H22O5/c1-6-9(2)16(19)21-10(3)7-12-11(4)13(17)8-14(20-5)15(12)18/h8-10H,6-7H2,1-5H3/t9-,10+/m1/s1. The first-order valence-corrected chi connectivity index (χ1v) is 7.06. The van der Waals surface area contributed by atoms with E-state index in [1.165, 1.54) is 13.2 Å². The Morgan fingerprint density at radius 3 is 2.43 bits per heavy atom. The lowest BCUT2D eigenvalue weighted by Crippen LogP contribution is -2.25. The molecule has 116 valence electrons. The molecule has 0 spiro atoms. The molecule has 0 N–H and O–H groups in total. The van der Waals surface area contributed by atoms with E-state index < -0.39 is 6.10 Å². The molecule has 0 unspecified atom stereocenters. The summed E-state index contributed by atoms with van der Waals surface area (Å²) in [5.41, 5.74) is 0.732. The van der Waals surface area contributed by atoms with Crippen LogP contribution in [0.4, 0.5) is 0 Å². The lowest BCUT2D eigenvalue weighted by atomic mass is 9.91. The van der Waals surface area contributed by atoms with Gasteiger partial charge in [-0.3, -0.25) is 14.4 Å². The van der Waals surface area contributed by atoms with Crippen molar-refractivity contribution in [3.63, 3.8) is 0 Å². The molecule has 1 aliphatic rings. The number of hydrogen-bond donors (Lipinski definition) is 0. The number of hydrogen-bond acceptors (Lipinski definition) is 5. The number of methoxy groups -OCH3 is 1. The van der Waals surface area contributed by atoms with Crippen LogP contribution in [-0.4, -0.2) is 30.7 Å². The van der Waals surface area contributed by atoms with E-state index in [9.17, 15) is 14.4 Å². The highest BCUT2D eigenvalue weighted by molar-refractivity contribution is 6.21.